The van der Waals surface area contributed by atoms with Gasteiger partial charge in [0, 0.05) is 10.9 Å². The maximum atomic E-state index is 5.64. The van der Waals surface area contributed by atoms with Crippen LogP contribution in [0.4, 0.5) is 5.69 Å². The molecule has 2 heteroatoms. The summed E-state index contributed by atoms with van der Waals surface area (Å²) >= 11 is 1.83. The highest BCUT2D eigenvalue weighted by Gasteiger charge is 2.01. The van der Waals surface area contributed by atoms with Crippen LogP contribution in [0.25, 0.3) is 0 Å². The van der Waals surface area contributed by atoms with Gasteiger partial charge in [-0.1, -0.05) is 12.1 Å². The molecule has 0 radical (unpaired) electrons. The van der Waals surface area contributed by atoms with Crippen molar-refractivity contribution >= 4 is 17.4 Å². The Labute approximate surface area is 72.0 Å². The molecule has 0 aliphatic carbocycles. The lowest BCUT2D eigenvalue weighted by Crippen LogP contribution is -1.90. The monoisotopic (exact) mass is 167 g/mol. The van der Waals surface area contributed by atoms with Crippen molar-refractivity contribution in [3.63, 3.8) is 0 Å². The molecule has 0 aliphatic heterocycles. The van der Waals surface area contributed by atoms with Gasteiger partial charge in [-0.05, 0) is 30.9 Å². The number of rotatable bonds is 2. The maximum absolute atomic E-state index is 5.64. The van der Waals surface area contributed by atoms with E-state index in [1.807, 2.05) is 30.0 Å². The first kappa shape index (κ1) is 8.47. The first-order valence-corrected chi connectivity index (χ1v) is 4.91. The van der Waals surface area contributed by atoms with E-state index >= 15 is 0 Å². The average molecular weight is 167 g/mol. The van der Waals surface area contributed by atoms with E-state index in [-0.39, 0.29) is 0 Å². The molecule has 0 saturated carbocycles. The van der Waals surface area contributed by atoms with Crippen LogP contribution in [0, 0.1) is 0 Å². The number of nitrogens with two attached hydrogens (primary N) is 1. The Hall–Kier alpha value is -0.630. The Morgan fingerprint density at radius 2 is 2.18 bits per heavy atom. The second-order valence-electron chi connectivity index (χ2n) is 2.55. The van der Waals surface area contributed by atoms with Gasteiger partial charge in [-0.25, -0.2) is 0 Å². The van der Waals surface area contributed by atoms with Gasteiger partial charge in [0.15, 0.2) is 0 Å². The maximum Gasteiger partial charge on any atom is 0.0317 e. The van der Waals surface area contributed by atoms with Crippen LogP contribution in [0.1, 0.15) is 17.7 Å². The predicted molar refractivity (Wildman–Crippen MR) is 52.8 cm³/mol. The zero-order chi connectivity index (χ0) is 8.27. The fourth-order valence-corrected chi connectivity index (χ4v) is 1.37. The number of anilines is 1. The van der Waals surface area contributed by atoms with Gasteiger partial charge in [-0.15, -0.1) is 0 Å². The van der Waals surface area contributed by atoms with E-state index < -0.39 is 0 Å². The van der Waals surface area contributed by atoms with Gasteiger partial charge in [0.2, 0.25) is 0 Å². The quantitative estimate of drug-likeness (QED) is 0.685. The van der Waals surface area contributed by atoms with Crippen LogP contribution in [0.3, 0.4) is 0 Å². The summed E-state index contributed by atoms with van der Waals surface area (Å²) in [5.74, 6) is 0. The first-order valence-electron chi connectivity index (χ1n) is 3.62. The summed E-state index contributed by atoms with van der Waals surface area (Å²) in [5, 5.41) is 0.540. The van der Waals surface area contributed by atoms with Crippen molar-refractivity contribution in [3.05, 3.63) is 29.8 Å². The van der Waals surface area contributed by atoms with Crippen molar-refractivity contribution in [3.8, 4) is 0 Å². The van der Waals surface area contributed by atoms with Gasteiger partial charge in [-0.3, -0.25) is 0 Å². The standard InChI is InChI=1S/C9H13NS/c1-7(11-2)8-4-3-5-9(10)6-8/h3-7H,10H2,1-2H3/t7-/m1/s1. The zero-order valence-corrected chi connectivity index (χ0v) is 7.69. The lowest BCUT2D eigenvalue weighted by Gasteiger charge is -2.08. The van der Waals surface area contributed by atoms with Crippen LogP contribution in [-0.2, 0) is 0 Å². The molecule has 0 heterocycles. The topological polar surface area (TPSA) is 26.0 Å². The Morgan fingerprint density at radius 1 is 1.45 bits per heavy atom. The molecule has 0 spiro atoms. The molecule has 0 fully saturated rings. The van der Waals surface area contributed by atoms with Gasteiger partial charge < -0.3 is 5.73 Å². The summed E-state index contributed by atoms with van der Waals surface area (Å²) in [6, 6.07) is 8.05. The molecule has 1 rings (SSSR count). The van der Waals surface area contributed by atoms with Crippen molar-refractivity contribution in [2.75, 3.05) is 12.0 Å². The summed E-state index contributed by atoms with van der Waals surface area (Å²) in [6.45, 7) is 2.18. The Balaban J connectivity index is 2.86. The minimum Gasteiger partial charge on any atom is -0.399 e. The molecule has 1 nitrogen and oxygen atoms in total. The average Bonchev–Trinajstić information content (AvgIpc) is 2.03. The molecular formula is C9H13NS. The van der Waals surface area contributed by atoms with Crippen LogP contribution < -0.4 is 5.73 Å². The molecule has 1 aromatic rings. The third-order valence-electron chi connectivity index (χ3n) is 1.73. The highest BCUT2D eigenvalue weighted by Crippen LogP contribution is 2.26. The molecule has 0 saturated heterocycles. The van der Waals surface area contributed by atoms with Crippen molar-refractivity contribution < 1.29 is 0 Å². The van der Waals surface area contributed by atoms with Crippen molar-refractivity contribution in [1.29, 1.82) is 0 Å². The molecule has 60 valence electrons. The number of benzene rings is 1. The van der Waals surface area contributed by atoms with E-state index in [2.05, 4.69) is 19.2 Å². The second-order valence-corrected chi connectivity index (χ2v) is 3.73. The fourth-order valence-electron chi connectivity index (χ4n) is 0.948. The number of thioether (sulfide) groups is 1. The van der Waals surface area contributed by atoms with E-state index in [1.165, 1.54) is 5.56 Å². The first-order chi connectivity index (χ1) is 5.24. The number of nitrogen functional groups attached to an aromatic ring is 1. The van der Waals surface area contributed by atoms with Crippen molar-refractivity contribution in [1.82, 2.24) is 0 Å². The summed E-state index contributed by atoms with van der Waals surface area (Å²) < 4.78 is 0. The largest absolute Gasteiger partial charge is 0.399 e. The highest BCUT2D eigenvalue weighted by atomic mass is 32.2. The van der Waals surface area contributed by atoms with Crippen molar-refractivity contribution in [2.24, 2.45) is 0 Å². The molecule has 0 amide bonds. The second kappa shape index (κ2) is 3.67. The van der Waals surface area contributed by atoms with E-state index in [9.17, 15) is 0 Å². The highest BCUT2D eigenvalue weighted by molar-refractivity contribution is 7.98. The van der Waals surface area contributed by atoms with Gasteiger partial charge in [0.25, 0.3) is 0 Å². The summed E-state index contributed by atoms with van der Waals surface area (Å²) in [4.78, 5) is 0. The number of hydrogen-bond acceptors (Lipinski definition) is 2. The lowest BCUT2D eigenvalue weighted by molar-refractivity contribution is 1.11. The molecule has 0 unspecified atom stereocenters. The lowest BCUT2D eigenvalue weighted by atomic mass is 10.1. The molecule has 0 bridgehead atoms. The molecule has 0 aromatic heterocycles. The predicted octanol–water partition coefficient (Wildman–Crippen LogP) is 2.69. The van der Waals surface area contributed by atoms with Crippen LogP contribution in [-0.4, -0.2) is 6.26 Å². The molecule has 2 N–H and O–H groups in total. The van der Waals surface area contributed by atoms with Gasteiger partial charge in [0.05, 0.1) is 0 Å². The Bertz CT molecular complexity index is 235. The van der Waals surface area contributed by atoms with Crippen LogP contribution in [0.2, 0.25) is 0 Å². The van der Waals surface area contributed by atoms with Gasteiger partial charge in [0.1, 0.15) is 0 Å². The van der Waals surface area contributed by atoms with Crippen LogP contribution >= 0.6 is 11.8 Å². The van der Waals surface area contributed by atoms with E-state index in [1.54, 1.807) is 0 Å². The third-order valence-corrected chi connectivity index (χ3v) is 2.71. The van der Waals surface area contributed by atoms with E-state index in [0.29, 0.717) is 5.25 Å². The van der Waals surface area contributed by atoms with Crippen LogP contribution in [0.15, 0.2) is 24.3 Å². The normalized spacial score (nSPS) is 12.9. The van der Waals surface area contributed by atoms with Crippen LogP contribution in [0.5, 0.6) is 0 Å². The summed E-state index contributed by atoms with van der Waals surface area (Å²) in [6.07, 6.45) is 2.11. The third kappa shape index (κ3) is 2.15. The summed E-state index contributed by atoms with van der Waals surface area (Å²) in [7, 11) is 0. The molecular weight excluding hydrogens is 154 g/mol. The van der Waals surface area contributed by atoms with Crippen molar-refractivity contribution in [2.45, 2.75) is 12.2 Å². The molecule has 11 heavy (non-hydrogen) atoms. The Morgan fingerprint density at radius 3 is 2.73 bits per heavy atom. The molecule has 1 aromatic carbocycles. The molecule has 1 atom stereocenters. The smallest absolute Gasteiger partial charge is 0.0317 e. The van der Waals surface area contributed by atoms with E-state index in [4.69, 9.17) is 5.73 Å². The SMILES string of the molecule is CS[C@H](C)c1cccc(N)c1. The summed E-state index contributed by atoms with van der Waals surface area (Å²) in [5.41, 5.74) is 7.80. The zero-order valence-electron chi connectivity index (χ0n) is 6.87. The van der Waals surface area contributed by atoms with E-state index in [0.717, 1.165) is 5.69 Å². The van der Waals surface area contributed by atoms with Gasteiger partial charge in [-0.2, -0.15) is 11.8 Å². The minimum absolute atomic E-state index is 0.540. The fraction of sp³-hybridized carbons (Fsp3) is 0.333. The Kier molecular flexibility index (Phi) is 2.83. The molecule has 0 aliphatic rings. The number of hydrogen-bond donors (Lipinski definition) is 1. The minimum atomic E-state index is 0.540. The van der Waals surface area contributed by atoms with Gasteiger partial charge >= 0.3 is 0 Å².